The molecular formula is C21H18F2N4O3S. The van der Waals surface area contributed by atoms with E-state index < -0.39 is 21.4 Å². The van der Waals surface area contributed by atoms with Gasteiger partial charge in [-0.15, -0.1) is 0 Å². The first-order chi connectivity index (χ1) is 14.6. The molecule has 0 bridgehead atoms. The first-order valence-electron chi connectivity index (χ1n) is 9.15. The fourth-order valence-corrected chi connectivity index (χ4v) is 4.17. The van der Waals surface area contributed by atoms with Gasteiger partial charge in [0, 0.05) is 40.6 Å². The van der Waals surface area contributed by atoms with Gasteiger partial charge in [-0.05, 0) is 42.3 Å². The number of hydrogen-bond donors (Lipinski definition) is 2. The van der Waals surface area contributed by atoms with Gasteiger partial charge in [-0.1, -0.05) is 0 Å². The molecule has 0 radical (unpaired) electrons. The van der Waals surface area contributed by atoms with E-state index in [4.69, 9.17) is 9.52 Å². The molecule has 0 aliphatic rings. The SMILES string of the molecule is Cc1cc(-c2cc(CS(C)(=N)=O)cnc2Oc2ccc(F)cc2F)n2cc[nH]c(=O)c12. The second-order valence-corrected chi connectivity index (χ2v) is 9.54. The predicted octanol–water partition coefficient (Wildman–Crippen LogP) is 4.25. The van der Waals surface area contributed by atoms with Crippen molar-refractivity contribution in [2.75, 3.05) is 6.26 Å². The van der Waals surface area contributed by atoms with Crippen molar-refractivity contribution in [1.82, 2.24) is 14.4 Å². The topological polar surface area (TPSA) is 100 Å². The molecule has 160 valence electrons. The van der Waals surface area contributed by atoms with Crippen LogP contribution in [0.4, 0.5) is 8.78 Å². The largest absolute Gasteiger partial charge is 0.435 e. The zero-order valence-electron chi connectivity index (χ0n) is 16.6. The van der Waals surface area contributed by atoms with Gasteiger partial charge in [-0.25, -0.2) is 18.0 Å². The lowest BCUT2D eigenvalue weighted by Gasteiger charge is -2.13. The van der Waals surface area contributed by atoms with Crippen LogP contribution in [0.25, 0.3) is 16.8 Å². The van der Waals surface area contributed by atoms with Crippen molar-refractivity contribution in [3.05, 3.63) is 82.0 Å². The standard InChI is InChI=1S/C21H18F2N4O3S/c1-12-7-17(27-6-5-25-20(28)19(12)27)15-8-13(11-31(2,24)29)10-26-21(15)30-18-4-3-14(22)9-16(18)23/h3-10,24H,11H2,1-2H3,(H,25,28). The van der Waals surface area contributed by atoms with Gasteiger partial charge in [0.1, 0.15) is 11.3 Å². The van der Waals surface area contributed by atoms with Gasteiger partial charge in [0.25, 0.3) is 5.56 Å². The lowest BCUT2D eigenvalue weighted by Crippen LogP contribution is -2.09. The van der Waals surface area contributed by atoms with Gasteiger partial charge in [-0.3, -0.25) is 9.57 Å². The van der Waals surface area contributed by atoms with Crippen LogP contribution in [-0.2, 0) is 15.5 Å². The van der Waals surface area contributed by atoms with E-state index in [-0.39, 0.29) is 22.9 Å². The summed E-state index contributed by atoms with van der Waals surface area (Å²) in [5.74, 6) is -1.89. The molecule has 10 heteroatoms. The van der Waals surface area contributed by atoms with E-state index in [2.05, 4.69) is 9.97 Å². The van der Waals surface area contributed by atoms with Gasteiger partial charge >= 0.3 is 0 Å². The number of benzene rings is 1. The molecule has 0 saturated heterocycles. The minimum atomic E-state index is -2.85. The summed E-state index contributed by atoms with van der Waals surface area (Å²) >= 11 is 0. The number of hydrogen-bond acceptors (Lipinski definition) is 5. The first kappa shape index (κ1) is 20.7. The zero-order valence-corrected chi connectivity index (χ0v) is 17.4. The fourth-order valence-electron chi connectivity index (χ4n) is 3.38. The van der Waals surface area contributed by atoms with Crippen LogP contribution >= 0.6 is 0 Å². The van der Waals surface area contributed by atoms with Crippen LogP contribution in [0.15, 0.2) is 53.7 Å². The maximum Gasteiger partial charge on any atom is 0.272 e. The van der Waals surface area contributed by atoms with Gasteiger partial charge in [0.05, 0.1) is 17.0 Å². The lowest BCUT2D eigenvalue weighted by atomic mass is 10.1. The number of pyridine rings is 1. The van der Waals surface area contributed by atoms with Crippen molar-refractivity contribution in [1.29, 1.82) is 4.78 Å². The molecule has 0 aliphatic carbocycles. The van der Waals surface area contributed by atoms with E-state index in [1.54, 1.807) is 29.7 Å². The summed E-state index contributed by atoms with van der Waals surface area (Å²) < 4.78 is 54.4. The minimum Gasteiger partial charge on any atom is -0.435 e. The number of fused-ring (bicyclic) bond motifs is 1. The highest BCUT2D eigenvalue weighted by Gasteiger charge is 2.19. The molecule has 4 rings (SSSR count). The maximum atomic E-state index is 14.2. The van der Waals surface area contributed by atoms with E-state index in [1.165, 1.54) is 18.6 Å². The van der Waals surface area contributed by atoms with Crippen molar-refractivity contribution >= 4 is 15.2 Å². The smallest absolute Gasteiger partial charge is 0.272 e. The Balaban J connectivity index is 1.93. The molecule has 4 aromatic rings. The fraction of sp³-hybridized carbons (Fsp3) is 0.143. The molecule has 7 nitrogen and oxygen atoms in total. The number of aromatic amines is 1. The van der Waals surface area contributed by atoms with Crippen LogP contribution in [0.1, 0.15) is 11.1 Å². The summed E-state index contributed by atoms with van der Waals surface area (Å²) in [4.78, 5) is 19.1. The molecule has 0 spiro atoms. The highest BCUT2D eigenvalue weighted by atomic mass is 32.2. The molecule has 3 aromatic heterocycles. The third kappa shape index (κ3) is 4.19. The van der Waals surface area contributed by atoms with Crippen LogP contribution in [0.2, 0.25) is 0 Å². The molecule has 1 unspecified atom stereocenters. The number of H-pyrrole nitrogens is 1. The van der Waals surface area contributed by atoms with Crippen LogP contribution < -0.4 is 10.3 Å². The second-order valence-electron chi connectivity index (χ2n) is 7.24. The monoisotopic (exact) mass is 444 g/mol. The summed E-state index contributed by atoms with van der Waals surface area (Å²) in [6, 6.07) is 6.31. The number of aryl methyl sites for hydroxylation is 1. The highest BCUT2D eigenvalue weighted by Crippen LogP contribution is 2.35. The van der Waals surface area contributed by atoms with E-state index in [0.717, 1.165) is 12.1 Å². The lowest BCUT2D eigenvalue weighted by molar-refractivity contribution is 0.425. The third-order valence-electron chi connectivity index (χ3n) is 4.61. The molecule has 1 atom stereocenters. The van der Waals surface area contributed by atoms with E-state index in [0.29, 0.717) is 34.0 Å². The normalized spacial score (nSPS) is 13.3. The molecule has 0 aliphatic heterocycles. The Kier molecular flexibility index (Phi) is 5.10. The number of nitrogens with zero attached hydrogens (tertiary/aromatic N) is 2. The molecule has 1 aromatic carbocycles. The number of rotatable bonds is 5. The van der Waals surface area contributed by atoms with Crippen LogP contribution in [0.5, 0.6) is 11.6 Å². The van der Waals surface area contributed by atoms with E-state index in [1.807, 2.05) is 0 Å². The van der Waals surface area contributed by atoms with Crippen molar-refractivity contribution in [2.45, 2.75) is 12.7 Å². The molecule has 0 saturated carbocycles. The maximum absolute atomic E-state index is 14.2. The summed E-state index contributed by atoms with van der Waals surface area (Å²) in [6.07, 6.45) is 5.86. The highest BCUT2D eigenvalue weighted by molar-refractivity contribution is 7.90. The van der Waals surface area contributed by atoms with Crippen molar-refractivity contribution in [2.24, 2.45) is 0 Å². The van der Waals surface area contributed by atoms with Crippen molar-refractivity contribution in [3.8, 4) is 22.9 Å². The Bertz CT molecular complexity index is 1480. The second kappa shape index (κ2) is 7.62. The molecule has 0 fully saturated rings. The van der Waals surface area contributed by atoms with Gasteiger partial charge in [-0.2, -0.15) is 0 Å². The number of ether oxygens (including phenoxy) is 1. The summed E-state index contributed by atoms with van der Waals surface area (Å²) in [6.45, 7) is 1.77. The summed E-state index contributed by atoms with van der Waals surface area (Å²) in [5.41, 5.74) is 2.28. The third-order valence-corrected chi connectivity index (χ3v) is 5.49. The summed E-state index contributed by atoms with van der Waals surface area (Å²) in [5, 5.41) is 0. The van der Waals surface area contributed by atoms with Crippen LogP contribution in [0.3, 0.4) is 0 Å². The Labute approximate surface area is 176 Å². The average molecular weight is 444 g/mol. The number of nitrogens with one attached hydrogen (secondary N) is 2. The first-order valence-corrected chi connectivity index (χ1v) is 11.3. The molecule has 2 N–H and O–H groups in total. The van der Waals surface area contributed by atoms with Crippen molar-refractivity contribution in [3.63, 3.8) is 0 Å². The quantitative estimate of drug-likeness (QED) is 0.481. The Morgan fingerprint density at radius 1 is 1.26 bits per heavy atom. The van der Waals surface area contributed by atoms with Gasteiger partial charge in [0.15, 0.2) is 11.6 Å². The number of aromatic nitrogens is 3. The average Bonchev–Trinajstić information content (AvgIpc) is 3.01. The Morgan fingerprint density at radius 3 is 2.74 bits per heavy atom. The van der Waals surface area contributed by atoms with Crippen molar-refractivity contribution < 1.29 is 17.7 Å². The van der Waals surface area contributed by atoms with Gasteiger partial charge < -0.3 is 14.1 Å². The molecule has 3 heterocycles. The predicted molar refractivity (Wildman–Crippen MR) is 113 cm³/mol. The van der Waals surface area contributed by atoms with Crippen LogP contribution in [0, 0.1) is 23.3 Å². The minimum absolute atomic E-state index is 0.0153. The van der Waals surface area contributed by atoms with E-state index in [9.17, 15) is 17.8 Å². The molecular weight excluding hydrogens is 426 g/mol. The molecule has 31 heavy (non-hydrogen) atoms. The Morgan fingerprint density at radius 2 is 2.03 bits per heavy atom. The van der Waals surface area contributed by atoms with Crippen LogP contribution in [-0.4, -0.2) is 24.8 Å². The zero-order chi connectivity index (χ0) is 22.3. The summed E-state index contributed by atoms with van der Waals surface area (Å²) in [7, 11) is -2.85. The molecule has 0 amide bonds. The Hall–Kier alpha value is -3.53. The van der Waals surface area contributed by atoms with E-state index >= 15 is 0 Å². The number of halogens is 2. The van der Waals surface area contributed by atoms with Gasteiger partial charge in [0.2, 0.25) is 5.88 Å².